The van der Waals surface area contributed by atoms with Crippen molar-refractivity contribution in [3.63, 3.8) is 0 Å². The van der Waals surface area contributed by atoms with Crippen molar-refractivity contribution >= 4 is 34.2 Å². The first kappa shape index (κ1) is 38.5. The number of carbonyl (C=O) groups is 1. The monoisotopic (exact) mass is 738 g/mol. The van der Waals surface area contributed by atoms with Gasteiger partial charge in [-0.2, -0.15) is 0 Å². The summed E-state index contributed by atoms with van der Waals surface area (Å²) in [5.41, 5.74) is 7.67. The number of aryl methyl sites for hydroxylation is 2. The zero-order chi connectivity index (χ0) is 37.0. The number of unbranched alkanes of at least 4 members (excludes halogenated alkanes) is 1. The molecule has 1 saturated heterocycles. The lowest BCUT2D eigenvalue weighted by Crippen LogP contribution is -2.34. The van der Waals surface area contributed by atoms with Gasteiger partial charge < -0.3 is 29.0 Å². The Balaban J connectivity index is 1.18. The zero-order valence-corrected chi connectivity index (χ0v) is 32.3. The number of ether oxygens (including phenoxy) is 3. The Labute approximate surface area is 317 Å². The third-order valence-electron chi connectivity index (χ3n) is 10.1. The molecule has 3 heterocycles. The molecule has 2 aliphatic heterocycles. The molecule has 1 atom stereocenters. The van der Waals surface area contributed by atoms with Crippen molar-refractivity contribution in [1.82, 2.24) is 9.55 Å². The third-order valence-corrected chi connectivity index (χ3v) is 11.5. The Morgan fingerprint density at radius 1 is 0.981 bits per heavy atom. The predicted molar refractivity (Wildman–Crippen MR) is 214 cm³/mol. The Morgan fingerprint density at radius 2 is 1.75 bits per heavy atom. The maximum Gasteiger partial charge on any atom is 0.251 e. The molecular formula is C43H54N4O5S. The van der Waals surface area contributed by atoms with Gasteiger partial charge in [-0.1, -0.05) is 31.5 Å². The van der Waals surface area contributed by atoms with Gasteiger partial charge in [0.2, 0.25) is 0 Å². The Hall–Kier alpha value is -4.25. The van der Waals surface area contributed by atoms with Gasteiger partial charge in [0, 0.05) is 61.3 Å². The highest BCUT2D eigenvalue weighted by Crippen LogP contribution is 2.34. The molecule has 2 aliphatic rings. The van der Waals surface area contributed by atoms with Crippen LogP contribution in [0.2, 0.25) is 0 Å². The number of nitrogens with zero attached hydrogens (tertiary/aromatic N) is 3. The number of aromatic nitrogens is 2. The Bertz CT molecular complexity index is 1850. The van der Waals surface area contributed by atoms with Gasteiger partial charge in [0.05, 0.1) is 40.9 Å². The van der Waals surface area contributed by atoms with Gasteiger partial charge in [-0.15, -0.1) is 0 Å². The van der Waals surface area contributed by atoms with E-state index >= 15 is 0 Å². The van der Waals surface area contributed by atoms with E-state index in [1.807, 2.05) is 47.9 Å². The standard InChI is InChI=1S/C43H54N4O5S/c1-4-6-22-50-25-26-52-39-14-9-34(10-15-39)35-11-18-41-37(27-35)28-36(8-7-21-47(41)29-33-19-23-51-24-20-33)43(48)45-38-12-16-40(17-13-38)53(49)30-42-32(3)44-31-46(42)5-2/h9-18,27-28,31,33H,4-8,19-26,29-30H2,1-3H3,(H,45,48)/b36-28+. The van der Waals surface area contributed by atoms with Gasteiger partial charge in [0.15, 0.2) is 0 Å². The van der Waals surface area contributed by atoms with Crippen LogP contribution in [-0.4, -0.2) is 65.8 Å². The summed E-state index contributed by atoms with van der Waals surface area (Å²) >= 11 is 0. The van der Waals surface area contributed by atoms with E-state index in [2.05, 4.69) is 65.5 Å². The van der Waals surface area contributed by atoms with Crippen LogP contribution in [-0.2, 0) is 37.4 Å². The number of amides is 1. The fraction of sp³-hybridized carbons (Fsp3) is 0.442. The normalized spacial score (nSPS) is 16.6. The van der Waals surface area contributed by atoms with E-state index in [1.165, 1.54) is 0 Å². The van der Waals surface area contributed by atoms with Gasteiger partial charge in [0.1, 0.15) is 12.4 Å². The van der Waals surface area contributed by atoms with Crippen LogP contribution in [0.3, 0.4) is 0 Å². The van der Waals surface area contributed by atoms with Crippen LogP contribution in [0.4, 0.5) is 11.4 Å². The minimum Gasteiger partial charge on any atom is -0.491 e. The summed E-state index contributed by atoms with van der Waals surface area (Å²) in [6, 6.07) is 22.2. The number of hydrogen-bond acceptors (Lipinski definition) is 7. The third kappa shape index (κ3) is 10.5. The number of fused-ring (bicyclic) bond motifs is 1. The zero-order valence-electron chi connectivity index (χ0n) is 31.5. The fourth-order valence-corrected chi connectivity index (χ4v) is 8.20. The lowest BCUT2D eigenvalue weighted by atomic mass is 9.94. The quantitative estimate of drug-likeness (QED) is 0.115. The average molecular weight is 739 g/mol. The van der Waals surface area contributed by atoms with Crippen LogP contribution >= 0.6 is 0 Å². The minimum absolute atomic E-state index is 0.115. The van der Waals surface area contributed by atoms with Crippen LogP contribution in [0.1, 0.15) is 69.3 Å². The summed E-state index contributed by atoms with van der Waals surface area (Å²) in [5.74, 6) is 1.69. The number of benzene rings is 3. The predicted octanol–water partition coefficient (Wildman–Crippen LogP) is 8.43. The summed E-state index contributed by atoms with van der Waals surface area (Å²) in [5, 5.41) is 3.12. The molecule has 6 rings (SSSR count). The van der Waals surface area contributed by atoms with Crippen molar-refractivity contribution in [2.45, 2.75) is 76.5 Å². The summed E-state index contributed by atoms with van der Waals surface area (Å²) < 4.78 is 32.5. The first-order chi connectivity index (χ1) is 25.9. The van der Waals surface area contributed by atoms with Crippen molar-refractivity contribution in [3.8, 4) is 16.9 Å². The number of carbonyl (C=O) groups excluding carboxylic acids is 1. The number of nitrogens with one attached hydrogen (secondary N) is 1. The molecule has 3 aromatic carbocycles. The molecule has 0 radical (unpaired) electrons. The van der Waals surface area contributed by atoms with Crippen molar-refractivity contribution < 1.29 is 23.2 Å². The van der Waals surface area contributed by atoms with Gasteiger partial charge in [0.25, 0.3) is 5.91 Å². The minimum atomic E-state index is -1.23. The van der Waals surface area contributed by atoms with E-state index in [9.17, 15) is 9.00 Å². The summed E-state index contributed by atoms with van der Waals surface area (Å²) in [4.78, 5) is 21.4. The number of imidazole rings is 1. The first-order valence-electron chi connectivity index (χ1n) is 19.2. The molecule has 9 nitrogen and oxygen atoms in total. The molecule has 0 bridgehead atoms. The second-order valence-electron chi connectivity index (χ2n) is 13.9. The lowest BCUT2D eigenvalue weighted by molar-refractivity contribution is -0.112. The Morgan fingerprint density at radius 3 is 2.51 bits per heavy atom. The van der Waals surface area contributed by atoms with Crippen molar-refractivity contribution in [2.24, 2.45) is 5.92 Å². The largest absolute Gasteiger partial charge is 0.491 e. The highest BCUT2D eigenvalue weighted by molar-refractivity contribution is 7.84. The van der Waals surface area contributed by atoms with Gasteiger partial charge in [-0.3, -0.25) is 9.00 Å². The second kappa shape index (κ2) is 19.2. The molecule has 0 spiro atoms. The summed E-state index contributed by atoms with van der Waals surface area (Å²) in [7, 11) is -1.23. The highest BCUT2D eigenvalue weighted by atomic mass is 32.2. The van der Waals surface area contributed by atoms with Crippen LogP contribution < -0.4 is 15.0 Å². The van der Waals surface area contributed by atoms with E-state index in [-0.39, 0.29) is 5.91 Å². The molecule has 1 fully saturated rings. The Kier molecular flexibility index (Phi) is 13.9. The van der Waals surface area contributed by atoms with Gasteiger partial charge in [-0.05, 0) is 123 Å². The molecule has 53 heavy (non-hydrogen) atoms. The van der Waals surface area contributed by atoms with Gasteiger partial charge >= 0.3 is 0 Å². The topological polar surface area (TPSA) is 94.9 Å². The van der Waals surface area contributed by atoms with Crippen LogP contribution in [0, 0.1) is 12.8 Å². The molecule has 10 heteroatoms. The second-order valence-corrected chi connectivity index (χ2v) is 15.4. The average Bonchev–Trinajstić information content (AvgIpc) is 3.53. The van der Waals surface area contributed by atoms with Crippen molar-refractivity contribution in [1.29, 1.82) is 0 Å². The van der Waals surface area contributed by atoms with Crippen molar-refractivity contribution in [2.75, 3.05) is 56.3 Å². The molecule has 4 aromatic rings. The van der Waals surface area contributed by atoms with E-state index in [0.717, 1.165) is 122 Å². The molecule has 1 amide bonds. The lowest BCUT2D eigenvalue weighted by Gasteiger charge is -2.33. The molecule has 0 aliphatic carbocycles. The fourth-order valence-electron chi connectivity index (χ4n) is 6.98. The molecule has 1 N–H and O–H groups in total. The van der Waals surface area contributed by atoms with Crippen molar-refractivity contribution in [3.05, 3.63) is 95.6 Å². The molecule has 1 unspecified atom stereocenters. The molecular weight excluding hydrogens is 685 g/mol. The molecule has 1 aromatic heterocycles. The first-order valence-corrected chi connectivity index (χ1v) is 20.5. The van der Waals surface area contributed by atoms with E-state index < -0.39 is 10.8 Å². The smallest absolute Gasteiger partial charge is 0.251 e. The summed E-state index contributed by atoms with van der Waals surface area (Å²) in [6.45, 7) is 12.3. The maximum atomic E-state index is 13.8. The number of rotatable bonds is 16. The van der Waals surface area contributed by atoms with E-state index in [4.69, 9.17) is 14.2 Å². The highest BCUT2D eigenvalue weighted by Gasteiger charge is 2.23. The van der Waals surface area contributed by atoms with Crippen LogP contribution in [0.15, 0.2) is 83.5 Å². The van der Waals surface area contributed by atoms with E-state index in [1.54, 1.807) is 6.33 Å². The SMILES string of the molecule is CCCCOCCOc1ccc(-c2ccc3c(c2)/C=C(/C(=O)Nc2ccc(S(=O)Cc4c(C)ncn4CC)cc2)CCCN3CC2CCOCC2)cc1. The van der Waals surface area contributed by atoms with Crippen LogP contribution in [0.25, 0.3) is 17.2 Å². The maximum absolute atomic E-state index is 13.8. The molecule has 282 valence electrons. The summed E-state index contributed by atoms with van der Waals surface area (Å²) in [6.07, 6.45) is 9.75. The van der Waals surface area contributed by atoms with E-state index in [0.29, 0.717) is 37.0 Å². The van der Waals surface area contributed by atoms with Gasteiger partial charge in [-0.25, -0.2) is 4.98 Å². The number of hydrogen-bond donors (Lipinski definition) is 1. The number of anilines is 2. The van der Waals surface area contributed by atoms with Crippen LogP contribution in [0.5, 0.6) is 5.75 Å². The molecule has 0 saturated carbocycles.